The third kappa shape index (κ3) is 2.22. The van der Waals surface area contributed by atoms with Crippen LogP contribution in [0.15, 0.2) is 47.1 Å². The van der Waals surface area contributed by atoms with Gasteiger partial charge in [-0.15, -0.1) is 0 Å². The standard InChI is InChI=1S/C14H14N4O/c1-9(12-7-4-8-19-12)16-13-10-5-2-3-6-11(10)17-14(15)18-13/h2-9H,1H3,(H3,15,16,17,18). The maximum Gasteiger partial charge on any atom is 0.222 e. The van der Waals surface area contributed by atoms with E-state index in [1.165, 1.54) is 0 Å². The van der Waals surface area contributed by atoms with Gasteiger partial charge in [-0.3, -0.25) is 0 Å². The molecule has 0 amide bonds. The SMILES string of the molecule is CC(Nc1nc(N)nc2ccccc12)c1ccco1. The van der Waals surface area contributed by atoms with Crippen molar-refractivity contribution in [1.29, 1.82) is 0 Å². The third-order valence-corrected chi connectivity index (χ3v) is 2.94. The largest absolute Gasteiger partial charge is 0.467 e. The Balaban J connectivity index is 2.00. The summed E-state index contributed by atoms with van der Waals surface area (Å²) in [6, 6.07) is 11.5. The summed E-state index contributed by atoms with van der Waals surface area (Å²) in [6.07, 6.45) is 1.65. The molecule has 0 spiro atoms. The van der Waals surface area contributed by atoms with E-state index >= 15 is 0 Å². The Hall–Kier alpha value is -2.56. The fraction of sp³-hybridized carbons (Fsp3) is 0.143. The first kappa shape index (κ1) is 11.5. The summed E-state index contributed by atoms with van der Waals surface area (Å²) < 4.78 is 5.37. The number of hydrogen-bond donors (Lipinski definition) is 2. The van der Waals surface area contributed by atoms with E-state index in [4.69, 9.17) is 10.2 Å². The summed E-state index contributed by atoms with van der Waals surface area (Å²) in [4.78, 5) is 8.47. The number of nitrogen functional groups attached to an aromatic ring is 1. The highest BCUT2D eigenvalue weighted by molar-refractivity contribution is 5.89. The minimum absolute atomic E-state index is 0.00714. The highest BCUT2D eigenvalue weighted by atomic mass is 16.3. The molecule has 96 valence electrons. The zero-order valence-electron chi connectivity index (χ0n) is 10.5. The molecule has 0 aliphatic rings. The Bertz CT molecular complexity index is 694. The van der Waals surface area contributed by atoms with Gasteiger partial charge in [0.25, 0.3) is 0 Å². The molecule has 1 atom stereocenters. The van der Waals surface area contributed by atoms with Crippen LogP contribution in [0, 0.1) is 0 Å². The second kappa shape index (κ2) is 4.61. The van der Waals surface area contributed by atoms with Crippen LogP contribution >= 0.6 is 0 Å². The van der Waals surface area contributed by atoms with Gasteiger partial charge in [0.15, 0.2) is 0 Å². The molecule has 0 fully saturated rings. The van der Waals surface area contributed by atoms with Crippen molar-refractivity contribution in [1.82, 2.24) is 9.97 Å². The van der Waals surface area contributed by atoms with Gasteiger partial charge in [-0.2, -0.15) is 4.98 Å². The van der Waals surface area contributed by atoms with Gasteiger partial charge in [-0.25, -0.2) is 4.98 Å². The van der Waals surface area contributed by atoms with Gasteiger partial charge < -0.3 is 15.5 Å². The fourth-order valence-electron chi connectivity index (χ4n) is 2.02. The molecule has 0 aliphatic carbocycles. The van der Waals surface area contributed by atoms with Crippen molar-refractivity contribution in [3.05, 3.63) is 48.4 Å². The van der Waals surface area contributed by atoms with Crippen LogP contribution in [0.25, 0.3) is 10.9 Å². The fourth-order valence-corrected chi connectivity index (χ4v) is 2.02. The third-order valence-electron chi connectivity index (χ3n) is 2.94. The Morgan fingerprint density at radius 1 is 1.16 bits per heavy atom. The van der Waals surface area contributed by atoms with Crippen LogP contribution in [0.5, 0.6) is 0 Å². The first-order chi connectivity index (χ1) is 9.24. The van der Waals surface area contributed by atoms with Crippen molar-refractivity contribution in [3.8, 4) is 0 Å². The van der Waals surface area contributed by atoms with E-state index < -0.39 is 0 Å². The molecule has 19 heavy (non-hydrogen) atoms. The van der Waals surface area contributed by atoms with Crippen molar-refractivity contribution >= 4 is 22.7 Å². The first-order valence-corrected chi connectivity index (χ1v) is 6.06. The number of furan rings is 1. The molecule has 3 aromatic rings. The number of benzene rings is 1. The zero-order chi connectivity index (χ0) is 13.2. The molecule has 2 heterocycles. The first-order valence-electron chi connectivity index (χ1n) is 6.06. The number of rotatable bonds is 3. The molecule has 5 heteroatoms. The van der Waals surface area contributed by atoms with Crippen LogP contribution in [0.3, 0.4) is 0 Å². The quantitative estimate of drug-likeness (QED) is 0.751. The molecule has 3 N–H and O–H groups in total. The van der Waals surface area contributed by atoms with Crippen molar-refractivity contribution in [3.63, 3.8) is 0 Å². The predicted octanol–water partition coefficient (Wildman–Crippen LogP) is 2.98. The van der Waals surface area contributed by atoms with E-state index in [9.17, 15) is 0 Å². The van der Waals surface area contributed by atoms with Crippen LogP contribution in [0.2, 0.25) is 0 Å². The summed E-state index contributed by atoms with van der Waals surface area (Å²) in [5.74, 6) is 1.82. The van der Waals surface area contributed by atoms with E-state index in [-0.39, 0.29) is 12.0 Å². The number of nitrogens with zero attached hydrogens (tertiary/aromatic N) is 2. The van der Waals surface area contributed by atoms with E-state index in [1.54, 1.807) is 6.26 Å². The molecule has 3 rings (SSSR count). The van der Waals surface area contributed by atoms with E-state index in [1.807, 2.05) is 43.3 Å². The summed E-state index contributed by atoms with van der Waals surface area (Å²) in [7, 11) is 0. The van der Waals surface area contributed by atoms with E-state index in [0.29, 0.717) is 5.82 Å². The summed E-state index contributed by atoms with van der Waals surface area (Å²) in [5, 5.41) is 4.24. The lowest BCUT2D eigenvalue weighted by atomic mass is 10.2. The normalized spacial score (nSPS) is 12.5. The van der Waals surface area contributed by atoms with Crippen molar-refractivity contribution in [2.24, 2.45) is 0 Å². The van der Waals surface area contributed by atoms with E-state index in [2.05, 4.69) is 15.3 Å². The molecule has 0 saturated heterocycles. The van der Waals surface area contributed by atoms with Crippen LogP contribution < -0.4 is 11.1 Å². The molecule has 2 aromatic heterocycles. The Morgan fingerprint density at radius 2 is 2.00 bits per heavy atom. The number of nitrogens with one attached hydrogen (secondary N) is 1. The number of nitrogens with two attached hydrogens (primary N) is 1. The monoisotopic (exact) mass is 254 g/mol. The zero-order valence-corrected chi connectivity index (χ0v) is 10.5. The van der Waals surface area contributed by atoms with Crippen LogP contribution in [-0.2, 0) is 0 Å². The van der Waals surface area contributed by atoms with Crippen molar-refractivity contribution in [2.45, 2.75) is 13.0 Å². The summed E-state index contributed by atoms with van der Waals surface area (Å²) >= 11 is 0. The second-order valence-electron chi connectivity index (χ2n) is 4.33. The van der Waals surface area contributed by atoms with Gasteiger partial charge in [0.05, 0.1) is 17.8 Å². The number of para-hydroxylation sites is 1. The minimum atomic E-state index is 0.00714. The number of hydrogen-bond acceptors (Lipinski definition) is 5. The topological polar surface area (TPSA) is 77.0 Å². The second-order valence-corrected chi connectivity index (χ2v) is 4.33. The van der Waals surface area contributed by atoms with Gasteiger partial charge in [-0.1, -0.05) is 12.1 Å². The highest BCUT2D eigenvalue weighted by Gasteiger charge is 2.12. The van der Waals surface area contributed by atoms with Crippen LogP contribution in [0.1, 0.15) is 18.7 Å². The minimum Gasteiger partial charge on any atom is -0.467 e. The van der Waals surface area contributed by atoms with Gasteiger partial charge in [0.2, 0.25) is 5.95 Å². The average Bonchev–Trinajstić information content (AvgIpc) is 2.92. The maximum atomic E-state index is 5.73. The number of anilines is 2. The molecule has 0 radical (unpaired) electrons. The molecule has 1 aromatic carbocycles. The van der Waals surface area contributed by atoms with Crippen LogP contribution in [0.4, 0.5) is 11.8 Å². The van der Waals surface area contributed by atoms with Crippen molar-refractivity contribution < 1.29 is 4.42 Å². The average molecular weight is 254 g/mol. The highest BCUT2D eigenvalue weighted by Crippen LogP contribution is 2.25. The number of aromatic nitrogens is 2. The van der Waals surface area contributed by atoms with Gasteiger partial charge in [0.1, 0.15) is 11.6 Å². The van der Waals surface area contributed by atoms with Gasteiger partial charge in [-0.05, 0) is 31.2 Å². The lowest BCUT2D eigenvalue weighted by Crippen LogP contribution is -2.09. The lowest BCUT2D eigenvalue weighted by molar-refractivity contribution is 0.490. The smallest absolute Gasteiger partial charge is 0.222 e. The molecule has 0 saturated carbocycles. The Labute approximate surface area is 110 Å². The predicted molar refractivity (Wildman–Crippen MR) is 74.7 cm³/mol. The number of fused-ring (bicyclic) bond motifs is 1. The summed E-state index contributed by atoms with van der Waals surface area (Å²) in [6.45, 7) is 2.01. The molecular weight excluding hydrogens is 240 g/mol. The maximum absolute atomic E-state index is 5.73. The molecule has 1 unspecified atom stereocenters. The lowest BCUT2D eigenvalue weighted by Gasteiger charge is -2.14. The molecule has 0 bridgehead atoms. The molecule has 0 aliphatic heterocycles. The molecule has 5 nitrogen and oxygen atoms in total. The summed E-state index contributed by atoms with van der Waals surface area (Å²) in [5.41, 5.74) is 6.56. The van der Waals surface area contributed by atoms with Crippen molar-refractivity contribution in [2.75, 3.05) is 11.1 Å². The Morgan fingerprint density at radius 3 is 2.79 bits per heavy atom. The molecular formula is C14H14N4O. The van der Waals surface area contributed by atoms with Gasteiger partial charge in [0, 0.05) is 5.39 Å². The van der Waals surface area contributed by atoms with Gasteiger partial charge >= 0.3 is 0 Å². The van der Waals surface area contributed by atoms with Crippen LogP contribution in [-0.4, -0.2) is 9.97 Å². The Kier molecular flexibility index (Phi) is 2.79. The van der Waals surface area contributed by atoms with E-state index in [0.717, 1.165) is 16.7 Å².